The Bertz CT molecular complexity index is 1140. The van der Waals surface area contributed by atoms with Crippen molar-refractivity contribution in [3.05, 3.63) is 71.8 Å². The van der Waals surface area contributed by atoms with E-state index in [2.05, 4.69) is 31.9 Å². The molecule has 0 saturated heterocycles. The molecule has 6 amide bonds. The molecule has 0 aliphatic heterocycles. The molecule has 2 aromatic carbocycles. The van der Waals surface area contributed by atoms with Gasteiger partial charge >= 0.3 is 30.2 Å². The maximum atomic E-state index is 12.2. The highest BCUT2D eigenvalue weighted by Crippen LogP contribution is 2.03. The number of hydrogen-bond acceptors (Lipinski definition) is 8. The van der Waals surface area contributed by atoms with Crippen LogP contribution in [0.5, 0.6) is 0 Å². The summed E-state index contributed by atoms with van der Waals surface area (Å²) in [7, 11) is 1.22. The van der Waals surface area contributed by atoms with Crippen molar-refractivity contribution in [1.29, 1.82) is 0 Å². The van der Waals surface area contributed by atoms with Crippen LogP contribution in [0.1, 0.15) is 30.4 Å². The lowest BCUT2D eigenvalue weighted by atomic mass is 10.1. The summed E-state index contributed by atoms with van der Waals surface area (Å²) < 4.78 is 14.8. The lowest BCUT2D eigenvalue weighted by Gasteiger charge is -2.17. The molecule has 0 aromatic heterocycles. The Morgan fingerprint density at radius 2 is 1.12 bits per heavy atom. The minimum Gasteiger partial charge on any atom is -0.467 e. The Morgan fingerprint density at radius 3 is 1.63 bits per heavy atom. The second-order valence-electron chi connectivity index (χ2n) is 9.10. The van der Waals surface area contributed by atoms with Crippen LogP contribution >= 0.6 is 0 Å². The number of alkyl carbamates (subject to hydrolysis) is 2. The van der Waals surface area contributed by atoms with Gasteiger partial charge in [0.05, 0.1) is 20.2 Å². The van der Waals surface area contributed by atoms with Crippen LogP contribution in [0, 0.1) is 0 Å². The Labute approximate surface area is 250 Å². The molecule has 0 fully saturated rings. The SMILES string of the molecule is COC(=O)C(CCCCNC(=O)NCCOC(=O)NCc1ccccc1)NC(=O)NCCOC(=O)NCc1ccccc1. The fourth-order valence-corrected chi connectivity index (χ4v) is 3.60. The zero-order valence-corrected chi connectivity index (χ0v) is 24.2. The van der Waals surface area contributed by atoms with E-state index in [1.54, 1.807) is 0 Å². The molecule has 43 heavy (non-hydrogen) atoms. The number of hydrogen-bond donors (Lipinski definition) is 6. The van der Waals surface area contributed by atoms with Crippen LogP contribution in [-0.2, 0) is 32.1 Å². The minimum atomic E-state index is -0.890. The van der Waals surface area contributed by atoms with E-state index in [-0.39, 0.29) is 32.7 Å². The summed E-state index contributed by atoms with van der Waals surface area (Å²) in [5.74, 6) is -0.606. The summed E-state index contributed by atoms with van der Waals surface area (Å²) >= 11 is 0. The van der Waals surface area contributed by atoms with Gasteiger partial charge < -0.3 is 46.1 Å². The van der Waals surface area contributed by atoms with Gasteiger partial charge in [0.1, 0.15) is 19.3 Å². The molecule has 0 aliphatic carbocycles. The molecule has 0 saturated carbocycles. The molecule has 0 bridgehead atoms. The van der Waals surface area contributed by atoms with Gasteiger partial charge in [-0.05, 0) is 30.4 Å². The van der Waals surface area contributed by atoms with Gasteiger partial charge in [0.2, 0.25) is 0 Å². The predicted octanol–water partition coefficient (Wildman–Crippen LogP) is 2.15. The second kappa shape index (κ2) is 20.8. The third-order valence-electron chi connectivity index (χ3n) is 5.80. The van der Waals surface area contributed by atoms with E-state index >= 15 is 0 Å². The molecule has 0 heterocycles. The molecule has 0 radical (unpaired) electrons. The van der Waals surface area contributed by atoms with Crippen LogP contribution < -0.4 is 31.9 Å². The molecule has 2 aromatic rings. The molecule has 0 aliphatic rings. The first-order valence-electron chi connectivity index (χ1n) is 13.9. The van der Waals surface area contributed by atoms with Crippen LogP contribution in [0.15, 0.2) is 60.7 Å². The van der Waals surface area contributed by atoms with Gasteiger partial charge in [-0.25, -0.2) is 24.0 Å². The van der Waals surface area contributed by atoms with E-state index in [1.807, 2.05) is 60.7 Å². The summed E-state index contributed by atoms with van der Waals surface area (Å²) in [5, 5.41) is 15.5. The average Bonchev–Trinajstić information content (AvgIpc) is 3.03. The third kappa shape index (κ3) is 16.1. The van der Waals surface area contributed by atoms with E-state index in [0.29, 0.717) is 32.5 Å². The van der Waals surface area contributed by atoms with E-state index < -0.39 is 36.3 Å². The van der Waals surface area contributed by atoms with Crippen molar-refractivity contribution in [2.75, 3.05) is 40.0 Å². The summed E-state index contributed by atoms with van der Waals surface area (Å²) in [6, 6.07) is 16.8. The molecule has 1 unspecified atom stereocenters. The second-order valence-corrected chi connectivity index (χ2v) is 9.10. The van der Waals surface area contributed by atoms with Gasteiger partial charge in [0, 0.05) is 19.6 Å². The Morgan fingerprint density at radius 1 is 0.628 bits per heavy atom. The molecule has 6 N–H and O–H groups in total. The van der Waals surface area contributed by atoms with E-state index in [4.69, 9.17) is 14.2 Å². The van der Waals surface area contributed by atoms with Gasteiger partial charge in [0.15, 0.2) is 0 Å². The Kier molecular flexibility index (Phi) is 16.5. The highest BCUT2D eigenvalue weighted by Gasteiger charge is 2.21. The molecule has 14 nitrogen and oxygen atoms in total. The van der Waals surface area contributed by atoms with Crippen LogP contribution in [0.3, 0.4) is 0 Å². The number of unbranched alkanes of at least 4 members (excludes halogenated alkanes) is 1. The number of carbonyl (C=O) groups is 5. The number of methoxy groups -OCH3 is 1. The topological polar surface area (TPSA) is 185 Å². The van der Waals surface area contributed by atoms with Crippen LogP contribution in [-0.4, -0.2) is 76.2 Å². The Balaban J connectivity index is 1.50. The van der Waals surface area contributed by atoms with E-state index in [0.717, 1.165) is 11.1 Å². The quantitative estimate of drug-likeness (QED) is 0.0906. The highest BCUT2D eigenvalue weighted by molar-refractivity contribution is 5.83. The monoisotopic (exact) mass is 600 g/mol. The molecule has 2 rings (SSSR count). The van der Waals surface area contributed by atoms with Crippen LogP contribution in [0.4, 0.5) is 19.2 Å². The first-order valence-corrected chi connectivity index (χ1v) is 13.9. The van der Waals surface area contributed by atoms with Gasteiger partial charge in [-0.15, -0.1) is 0 Å². The maximum Gasteiger partial charge on any atom is 0.407 e. The van der Waals surface area contributed by atoms with Crippen molar-refractivity contribution in [3.63, 3.8) is 0 Å². The Hall–Kier alpha value is -5.01. The largest absolute Gasteiger partial charge is 0.467 e. The minimum absolute atomic E-state index is 0.0101. The number of nitrogens with one attached hydrogen (secondary N) is 6. The number of carbonyl (C=O) groups excluding carboxylic acids is 5. The number of rotatable bonds is 17. The first kappa shape index (κ1) is 34.2. The smallest absolute Gasteiger partial charge is 0.407 e. The number of benzene rings is 2. The lowest BCUT2D eigenvalue weighted by molar-refractivity contribution is -0.143. The van der Waals surface area contributed by atoms with Crippen molar-refractivity contribution < 1.29 is 38.2 Å². The summed E-state index contributed by atoms with van der Waals surface area (Å²) in [5.41, 5.74) is 1.87. The standard InChI is InChI=1S/C29H40N6O8/c1-41-25(36)24(35-27(38)32-17-19-43-29(40)34-21-23-12-6-3-7-13-23)14-8-9-15-30-26(37)31-16-18-42-28(39)33-20-22-10-4-2-5-11-22/h2-7,10-13,24H,8-9,14-21H2,1H3,(H,33,39)(H,34,40)(H2,30,31,37)(H2,32,35,38). The molecular formula is C29H40N6O8. The molecular weight excluding hydrogens is 560 g/mol. The molecule has 0 spiro atoms. The van der Waals surface area contributed by atoms with Gasteiger partial charge in [-0.1, -0.05) is 60.7 Å². The number of ether oxygens (including phenoxy) is 3. The molecule has 14 heteroatoms. The normalized spacial score (nSPS) is 10.8. The van der Waals surface area contributed by atoms with Gasteiger partial charge in [-0.3, -0.25) is 0 Å². The molecule has 234 valence electrons. The average molecular weight is 601 g/mol. The zero-order chi connectivity index (χ0) is 31.1. The summed E-state index contributed by atoms with van der Waals surface area (Å²) in [4.78, 5) is 59.6. The van der Waals surface area contributed by atoms with E-state index in [9.17, 15) is 24.0 Å². The first-order chi connectivity index (χ1) is 20.9. The zero-order valence-electron chi connectivity index (χ0n) is 24.2. The van der Waals surface area contributed by atoms with Crippen molar-refractivity contribution in [1.82, 2.24) is 31.9 Å². The summed E-state index contributed by atoms with van der Waals surface area (Å²) in [6.07, 6.45) is 0.137. The van der Waals surface area contributed by atoms with Crippen LogP contribution in [0.2, 0.25) is 0 Å². The fourth-order valence-electron chi connectivity index (χ4n) is 3.60. The third-order valence-corrected chi connectivity index (χ3v) is 5.80. The fraction of sp³-hybridized carbons (Fsp3) is 0.414. The van der Waals surface area contributed by atoms with Crippen LogP contribution in [0.25, 0.3) is 0 Å². The number of esters is 1. The number of urea groups is 2. The molecule has 1 atom stereocenters. The van der Waals surface area contributed by atoms with E-state index in [1.165, 1.54) is 7.11 Å². The predicted molar refractivity (Wildman–Crippen MR) is 157 cm³/mol. The van der Waals surface area contributed by atoms with Crippen molar-refractivity contribution >= 4 is 30.2 Å². The summed E-state index contributed by atoms with van der Waals surface area (Å²) in [6.45, 7) is 1.12. The van der Waals surface area contributed by atoms with Crippen molar-refractivity contribution in [2.45, 2.75) is 38.4 Å². The lowest BCUT2D eigenvalue weighted by Crippen LogP contribution is -2.47. The van der Waals surface area contributed by atoms with Gasteiger partial charge in [0.25, 0.3) is 0 Å². The van der Waals surface area contributed by atoms with Crippen molar-refractivity contribution in [2.24, 2.45) is 0 Å². The van der Waals surface area contributed by atoms with Crippen molar-refractivity contribution in [3.8, 4) is 0 Å². The van der Waals surface area contributed by atoms with Gasteiger partial charge in [-0.2, -0.15) is 0 Å². The highest BCUT2D eigenvalue weighted by atomic mass is 16.6. The maximum absolute atomic E-state index is 12.2. The number of amides is 6.